The summed E-state index contributed by atoms with van der Waals surface area (Å²) in [6.45, 7) is 0. The van der Waals surface area contributed by atoms with Gasteiger partial charge in [-0.25, -0.2) is 0 Å². The lowest BCUT2D eigenvalue weighted by Gasteiger charge is -1.91. The lowest BCUT2D eigenvalue weighted by atomic mass is 10.1. The van der Waals surface area contributed by atoms with Gasteiger partial charge >= 0.3 is 0 Å². The first-order chi connectivity index (χ1) is 5.92. The van der Waals surface area contributed by atoms with Crippen molar-refractivity contribution in [2.75, 3.05) is 0 Å². The van der Waals surface area contributed by atoms with Gasteiger partial charge in [-0.2, -0.15) is 0 Å². The number of hydrogen-bond acceptors (Lipinski definition) is 3. The van der Waals surface area contributed by atoms with Crippen LogP contribution in [0.2, 0.25) is 0 Å². The van der Waals surface area contributed by atoms with Gasteiger partial charge in [-0.1, -0.05) is 5.16 Å². The number of rotatable bonds is 3. The van der Waals surface area contributed by atoms with Crippen LogP contribution in [0.1, 0.15) is 29.9 Å². The highest BCUT2D eigenvalue weighted by molar-refractivity contribution is 5.50. The van der Waals surface area contributed by atoms with Crippen molar-refractivity contribution in [1.29, 1.82) is 0 Å². The van der Waals surface area contributed by atoms with Crippen LogP contribution in [0, 0.1) is 0 Å². The van der Waals surface area contributed by atoms with Crippen LogP contribution < -0.4 is 0 Å². The minimum atomic E-state index is 0.555. The van der Waals surface area contributed by atoms with E-state index in [0.717, 1.165) is 37.0 Å². The Balaban J connectivity index is 2.16. The third kappa shape index (κ3) is 1.15. The van der Waals surface area contributed by atoms with Gasteiger partial charge in [-0.15, -0.1) is 0 Å². The minimum Gasteiger partial charge on any atom is -0.361 e. The van der Waals surface area contributed by atoms with E-state index in [4.69, 9.17) is 4.52 Å². The topological polar surface area (TPSA) is 43.1 Å². The van der Waals surface area contributed by atoms with Gasteiger partial charge in [-0.05, 0) is 12.8 Å². The lowest BCUT2D eigenvalue weighted by Crippen LogP contribution is -1.90. The molecule has 1 heterocycles. The summed E-state index contributed by atoms with van der Waals surface area (Å²) in [5.74, 6) is 1.04. The van der Waals surface area contributed by atoms with Gasteiger partial charge in [0.25, 0.3) is 0 Å². The van der Waals surface area contributed by atoms with Crippen molar-refractivity contribution in [1.82, 2.24) is 5.16 Å². The zero-order chi connectivity index (χ0) is 8.39. The molecule has 0 bridgehead atoms. The summed E-state index contributed by atoms with van der Waals surface area (Å²) in [6.07, 6.45) is 5.48. The number of aromatic nitrogens is 1. The van der Waals surface area contributed by atoms with E-state index in [1.807, 2.05) is 0 Å². The second-order valence-corrected chi connectivity index (χ2v) is 3.09. The average Bonchev–Trinajstić information content (AvgIpc) is 2.62. The van der Waals surface area contributed by atoms with Crippen LogP contribution in [0.25, 0.3) is 0 Å². The molecule has 1 aromatic rings. The van der Waals surface area contributed by atoms with Crippen molar-refractivity contribution in [3.63, 3.8) is 0 Å². The summed E-state index contributed by atoms with van der Waals surface area (Å²) in [5, 5.41) is 3.94. The normalized spacial score (nSPS) is 14.7. The molecule has 3 nitrogen and oxygen atoms in total. The molecule has 64 valence electrons. The standard InChI is InChI=1S/C9H11NO2/c11-6-2-4-8-7-3-1-5-9(7)12-10-8/h6H,1-5H2. The van der Waals surface area contributed by atoms with Crippen LogP contribution in [-0.2, 0) is 24.1 Å². The number of fused-ring (bicyclic) bond motifs is 1. The van der Waals surface area contributed by atoms with Crippen LogP contribution >= 0.6 is 0 Å². The van der Waals surface area contributed by atoms with Crippen molar-refractivity contribution in [2.45, 2.75) is 32.1 Å². The number of aryl methyl sites for hydroxylation is 2. The Bertz CT molecular complexity index is 291. The van der Waals surface area contributed by atoms with Crippen LogP contribution in [0.4, 0.5) is 0 Å². The maximum Gasteiger partial charge on any atom is 0.140 e. The van der Waals surface area contributed by atoms with Gasteiger partial charge in [0.15, 0.2) is 0 Å². The predicted molar refractivity (Wildman–Crippen MR) is 42.9 cm³/mol. The zero-order valence-corrected chi connectivity index (χ0v) is 6.88. The van der Waals surface area contributed by atoms with Crippen molar-refractivity contribution < 1.29 is 9.32 Å². The fraction of sp³-hybridized carbons (Fsp3) is 0.556. The highest BCUT2D eigenvalue weighted by Gasteiger charge is 2.20. The highest BCUT2D eigenvalue weighted by Crippen LogP contribution is 2.25. The molecule has 0 radical (unpaired) electrons. The van der Waals surface area contributed by atoms with Crippen LogP contribution in [0.5, 0.6) is 0 Å². The van der Waals surface area contributed by atoms with E-state index >= 15 is 0 Å². The van der Waals surface area contributed by atoms with Gasteiger partial charge < -0.3 is 9.32 Å². The number of nitrogens with zero attached hydrogens (tertiary/aromatic N) is 1. The molecule has 0 fully saturated rings. The smallest absolute Gasteiger partial charge is 0.140 e. The van der Waals surface area contributed by atoms with E-state index in [1.54, 1.807) is 0 Å². The molecule has 2 rings (SSSR count). The van der Waals surface area contributed by atoms with Gasteiger partial charge in [0.2, 0.25) is 0 Å². The van der Waals surface area contributed by atoms with Crippen molar-refractivity contribution in [2.24, 2.45) is 0 Å². The monoisotopic (exact) mass is 165 g/mol. The largest absolute Gasteiger partial charge is 0.361 e. The van der Waals surface area contributed by atoms with Crippen LogP contribution in [-0.4, -0.2) is 11.4 Å². The second kappa shape index (κ2) is 3.09. The molecule has 0 aromatic carbocycles. The van der Waals surface area contributed by atoms with E-state index in [0.29, 0.717) is 6.42 Å². The molecule has 1 aromatic heterocycles. The van der Waals surface area contributed by atoms with Crippen LogP contribution in [0.15, 0.2) is 4.52 Å². The molecular weight excluding hydrogens is 154 g/mol. The van der Waals surface area contributed by atoms with E-state index < -0.39 is 0 Å². The summed E-state index contributed by atoms with van der Waals surface area (Å²) >= 11 is 0. The molecule has 0 aliphatic heterocycles. The number of hydrogen-bond donors (Lipinski definition) is 0. The third-order valence-corrected chi connectivity index (χ3v) is 2.28. The molecule has 3 heteroatoms. The molecule has 1 aliphatic rings. The van der Waals surface area contributed by atoms with E-state index in [-0.39, 0.29) is 0 Å². The number of carbonyl (C=O) groups excluding carboxylic acids is 1. The summed E-state index contributed by atoms with van der Waals surface area (Å²) < 4.78 is 5.14. The summed E-state index contributed by atoms with van der Waals surface area (Å²) in [5.41, 5.74) is 2.26. The fourth-order valence-electron chi connectivity index (χ4n) is 1.68. The van der Waals surface area contributed by atoms with E-state index in [1.165, 1.54) is 12.0 Å². The molecule has 0 N–H and O–H groups in total. The van der Waals surface area contributed by atoms with Crippen molar-refractivity contribution >= 4 is 6.29 Å². The van der Waals surface area contributed by atoms with E-state index in [2.05, 4.69) is 5.16 Å². The Hall–Kier alpha value is -1.12. The van der Waals surface area contributed by atoms with Crippen molar-refractivity contribution in [3.8, 4) is 0 Å². The Morgan fingerprint density at radius 1 is 1.50 bits per heavy atom. The summed E-state index contributed by atoms with van der Waals surface area (Å²) in [7, 11) is 0. The quantitative estimate of drug-likeness (QED) is 0.634. The zero-order valence-electron chi connectivity index (χ0n) is 6.88. The molecule has 0 unspecified atom stereocenters. The Morgan fingerprint density at radius 3 is 3.25 bits per heavy atom. The fourth-order valence-corrected chi connectivity index (χ4v) is 1.68. The first-order valence-electron chi connectivity index (χ1n) is 4.31. The maximum atomic E-state index is 10.1. The highest BCUT2D eigenvalue weighted by atomic mass is 16.5. The van der Waals surface area contributed by atoms with Gasteiger partial charge in [0, 0.05) is 24.8 Å². The Labute approximate surface area is 70.7 Å². The summed E-state index contributed by atoms with van der Waals surface area (Å²) in [6, 6.07) is 0. The SMILES string of the molecule is O=CCCc1noc2c1CCC2. The molecular formula is C9H11NO2. The van der Waals surface area contributed by atoms with E-state index in [9.17, 15) is 4.79 Å². The molecule has 0 atom stereocenters. The predicted octanol–water partition coefficient (Wildman–Crippen LogP) is 1.29. The van der Waals surface area contributed by atoms with Gasteiger partial charge in [0.05, 0.1) is 5.69 Å². The lowest BCUT2D eigenvalue weighted by molar-refractivity contribution is -0.107. The first-order valence-corrected chi connectivity index (χ1v) is 4.31. The molecule has 0 saturated carbocycles. The number of carbonyl (C=O) groups is 1. The molecule has 1 aliphatic carbocycles. The van der Waals surface area contributed by atoms with Gasteiger partial charge in [-0.3, -0.25) is 0 Å². The summed E-state index contributed by atoms with van der Waals surface area (Å²) in [4.78, 5) is 10.1. The minimum absolute atomic E-state index is 0.555. The van der Waals surface area contributed by atoms with Crippen LogP contribution in [0.3, 0.4) is 0 Å². The molecule has 0 saturated heterocycles. The Morgan fingerprint density at radius 2 is 2.42 bits per heavy atom. The average molecular weight is 165 g/mol. The maximum absolute atomic E-state index is 10.1. The first kappa shape index (κ1) is 7.53. The van der Waals surface area contributed by atoms with Crippen molar-refractivity contribution in [3.05, 3.63) is 17.0 Å². The van der Waals surface area contributed by atoms with Gasteiger partial charge in [0.1, 0.15) is 12.0 Å². The second-order valence-electron chi connectivity index (χ2n) is 3.09. The molecule has 0 spiro atoms. The molecule has 12 heavy (non-hydrogen) atoms. The molecule has 0 amide bonds. The number of aldehydes is 1. The third-order valence-electron chi connectivity index (χ3n) is 2.28. The Kier molecular flexibility index (Phi) is 1.94.